The first-order chi connectivity index (χ1) is 12.4. The molecular formula is C18H20N8. The molecule has 0 spiro atoms. The smallest absolute Gasteiger partial charge is 0.200 e. The van der Waals surface area contributed by atoms with Crippen LogP contribution in [0.3, 0.4) is 0 Å². The van der Waals surface area contributed by atoms with Gasteiger partial charge in [0.25, 0.3) is 0 Å². The molecule has 8 nitrogen and oxygen atoms in total. The van der Waals surface area contributed by atoms with Crippen LogP contribution in [0.5, 0.6) is 0 Å². The van der Waals surface area contributed by atoms with Crippen LogP contribution in [0, 0.1) is 6.92 Å². The molecule has 4 heterocycles. The predicted molar refractivity (Wildman–Crippen MR) is 97.8 cm³/mol. The molecule has 8 heteroatoms. The van der Waals surface area contributed by atoms with Gasteiger partial charge in [0, 0.05) is 23.5 Å². The molecule has 0 atom stereocenters. The molecule has 0 saturated heterocycles. The third-order valence-electron chi connectivity index (χ3n) is 4.17. The quantitative estimate of drug-likeness (QED) is 0.592. The SMILES string of the molecule is Cc1ncccc1-n1nc(-c2ccn[nH]2)nc1-c1cc(C(C)(C)C)[nH]n1. The van der Waals surface area contributed by atoms with Gasteiger partial charge in [-0.15, -0.1) is 5.10 Å². The molecule has 0 amide bonds. The topological polar surface area (TPSA) is 101 Å². The first-order valence-corrected chi connectivity index (χ1v) is 8.38. The van der Waals surface area contributed by atoms with E-state index in [1.807, 2.05) is 31.2 Å². The molecule has 2 N–H and O–H groups in total. The molecule has 0 aliphatic heterocycles. The molecule has 0 aliphatic carbocycles. The minimum absolute atomic E-state index is 0.0352. The van der Waals surface area contributed by atoms with E-state index in [-0.39, 0.29) is 5.41 Å². The van der Waals surface area contributed by atoms with Gasteiger partial charge < -0.3 is 0 Å². The lowest BCUT2D eigenvalue weighted by molar-refractivity contribution is 0.567. The summed E-state index contributed by atoms with van der Waals surface area (Å²) < 4.78 is 1.78. The number of rotatable bonds is 3. The molecule has 26 heavy (non-hydrogen) atoms. The highest BCUT2D eigenvalue weighted by Gasteiger charge is 2.22. The lowest BCUT2D eigenvalue weighted by Crippen LogP contribution is -2.11. The van der Waals surface area contributed by atoms with Crippen molar-refractivity contribution in [1.82, 2.24) is 40.1 Å². The average molecular weight is 348 g/mol. The number of pyridine rings is 1. The maximum atomic E-state index is 4.71. The van der Waals surface area contributed by atoms with Crippen molar-refractivity contribution in [2.75, 3.05) is 0 Å². The highest BCUT2D eigenvalue weighted by Crippen LogP contribution is 2.27. The van der Waals surface area contributed by atoms with E-state index in [0.717, 1.165) is 28.5 Å². The van der Waals surface area contributed by atoms with Crippen LogP contribution in [-0.4, -0.2) is 40.1 Å². The van der Waals surface area contributed by atoms with Crippen LogP contribution in [-0.2, 0) is 5.41 Å². The van der Waals surface area contributed by atoms with Gasteiger partial charge >= 0.3 is 0 Å². The summed E-state index contributed by atoms with van der Waals surface area (Å²) in [5, 5.41) is 19.2. The molecule has 0 radical (unpaired) electrons. The number of aromatic amines is 2. The van der Waals surface area contributed by atoms with E-state index < -0.39 is 0 Å². The molecule has 4 rings (SSSR count). The summed E-state index contributed by atoms with van der Waals surface area (Å²) >= 11 is 0. The summed E-state index contributed by atoms with van der Waals surface area (Å²) in [6.07, 6.45) is 3.44. The van der Waals surface area contributed by atoms with Gasteiger partial charge in [-0.1, -0.05) is 20.8 Å². The maximum Gasteiger partial charge on any atom is 0.200 e. The molecular weight excluding hydrogens is 328 g/mol. The Morgan fingerprint density at radius 1 is 1.08 bits per heavy atom. The molecule has 0 saturated carbocycles. The van der Waals surface area contributed by atoms with Crippen LogP contribution in [0.1, 0.15) is 32.2 Å². The van der Waals surface area contributed by atoms with Gasteiger partial charge in [0.2, 0.25) is 0 Å². The number of hydrogen-bond donors (Lipinski definition) is 2. The van der Waals surface area contributed by atoms with Crippen molar-refractivity contribution in [2.24, 2.45) is 0 Å². The minimum Gasteiger partial charge on any atom is -0.281 e. The summed E-state index contributed by atoms with van der Waals surface area (Å²) in [7, 11) is 0. The summed E-state index contributed by atoms with van der Waals surface area (Å²) in [6.45, 7) is 8.35. The second-order valence-electron chi connectivity index (χ2n) is 7.17. The second-order valence-corrected chi connectivity index (χ2v) is 7.17. The van der Waals surface area contributed by atoms with Crippen LogP contribution in [0.25, 0.3) is 28.7 Å². The Hall–Kier alpha value is -3.29. The Morgan fingerprint density at radius 2 is 1.92 bits per heavy atom. The molecule has 0 fully saturated rings. The molecule has 4 aromatic rings. The van der Waals surface area contributed by atoms with E-state index in [9.17, 15) is 0 Å². The predicted octanol–water partition coefficient (Wildman–Crippen LogP) is 3.05. The highest BCUT2D eigenvalue weighted by molar-refractivity contribution is 5.60. The lowest BCUT2D eigenvalue weighted by Gasteiger charge is -2.14. The Kier molecular flexibility index (Phi) is 3.68. The summed E-state index contributed by atoms with van der Waals surface area (Å²) in [5.41, 5.74) is 4.21. The van der Waals surface area contributed by atoms with Gasteiger partial charge in [-0.05, 0) is 31.2 Å². The van der Waals surface area contributed by atoms with E-state index in [0.29, 0.717) is 11.6 Å². The number of H-pyrrole nitrogens is 2. The van der Waals surface area contributed by atoms with Gasteiger partial charge in [-0.25, -0.2) is 9.67 Å². The number of aromatic nitrogens is 8. The van der Waals surface area contributed by atoms with Crippen molar-refractivity contribution in [2.45, 2.75) is 33.1 Å². The molecule has 0 unspecified atom stereocenters. The average Bonchev–Trinajstić information content (AvgIpc) is 3.33. The third-order valence-corrected chi connectivity index (χ3v) is 4.17. The van der Waals surface area contributed by atoms with Gasteiger partial charge in [-0.2, -0.15) is 10.2 Å². The summed E-state index contributed by atoms with van der Waals surface area (Å²) in [6, 6.07) is 7.71. The Balaban J connectivity index is 1.90. The van der Waals surface area contributed by atoms with Crippen molar-refractivity contribution in [3.05, 3.63) is 48.0 Å². The van der Waals surface area contributed by atoms with Crippen molar-refractivity contribution in [1.29, 1.82) is 0 Å². The number of hydrogen-bond acceptors (Lipinski definition) is 5. The standard InChI is InChI=1S/C18H20N8/c1-11-14(6-5-8-19-11)26-17(13-10-15(24-23-13)18(2,3)4)21-16(25-26)12-7-9-20-22-12/h5-10H,1-4H3,(H,20,22)(H,23,24). The van der Waals surface area contributed by atoms with E-state index in [1.54, 1.807) is 17.1 Å². The van der Waals surface area contributed by atoms with Crippen LogP contribution in [0.2, 0.25) is 0 Å². The largest absolute Gasteiger partial charge is 0.281 e. The molecule has 132 valence electrons. The molecule has 0 bridgehead atoms. The van der Waals surface area contributed by atoms with Crippen LogP contribution in [0.15, 0.2) is 36.7 Å². The Labute approximate surface area is 150 Å². The zero-order chi connectivity index (χ0) is 18.3. The Bertz CT molecular complexity index is 1030. The zero-order valence-corrected chi connectivity index (χ0v) is 15.1. The lowest BCUT2D eigenvalue weighted by atomic mass is 9.92. The van der Waals surface area contributed by atoms with E-state index in [1.165, 1.54) is 0 Å². The third kappa shape index (κ3) is 2.79. The maximum absolute atomic E-state index is 4.71. The van der Waals surface area contributed by atoms with Crippen LogP contribution in [0.4, 0.5) is 0 Å². The van der Waals surface area contributed by atoms with Crippen molar-refractivity contribution >= 4 is 0 Å². The fourth-order valence-electron chi connectivity index (χ4n) is 2.66. The number of nitrogens with one attached hydrogen (secondary N) is 2. The first-order valence-electron chi connectivity index (χ1n) is 8.38. The van der Waals surface area contributed by atoms with Crippen LogP contribution < -0.4 is 0 Å². The first kappa shape index (κ1) is 16.2. The zero-order valence-electron chi connectivity index (χ0n) is 15.1. The number of aryl methyl sites for hydroxylation is 1. The van der Waals surface area contributed by atoms with Gasteiger partial charge in [0.1, 0.15) is 11.4 Å². The van der Waals surface area contributed by atoms with Crippen molar-refractivity contribution in [3.63, 3.8) is 0 Å². The van der Waals surface area contributed by atoms with Gasteiger partial charge in [0.15, 0.2) is 11.6 Å². The van der Waals surface area contributed by atoms with E-state index >= 15 is 0 Å². The fourth-order valence-corrected chi connectivity index (χ4v) is 2.66. The van der Waals surface area contributed by atoms with Gasteiger partial charge in [-0.3, -0.25) is 15.2 Å². The van der Waals surface area contributed by atoms with Gasteiger partial charge in [0.05, 0.1) is 11.4 Å². The van der Waals surface area contributed by atoms with E-state index in [4.69, 9.17) is 4.98 Å². The molecule has 0 aromatic carbocycles. The summed E-state index contributed by atoms with van der Waals surface area (Å²) in [4.78, 5) is 9.08. The molecule has 4 aromatic heterocycles. The number of nitrogens with zero attached hydrogens (tertiary/aromatic N) is 6. The second kappa shape index (κ2) is 5.91. The van der Waals surface area contributed by atoms with Crippen molar-refractivity contribution in [3.8, 4) is 28.7 Å². The summed E-state index contributed by atoms with van der Waals surface area (Å²) in [5.74, 6) is 1.21. The van der Waals surface area contributed by atoms with Crippen molar-refractivity contribution < 1.29 is 0 Å². The normalized spacial score (nSPS) is 11.8. The fraction of sp³-hybridized carbons (Fsp3) is 0.278. The Morgan fingerprint density at radius 3 is 2.58 bits per heavy atom. The monoisotopic (exact) mass is 348 g/mol. The minimum atomic E-state index is -0.0352. The van der Waals surface area contributed by atoms with Crippen LogP contribution >= 0.6 is 0 Å². The molecule has 0 aliphatic rings. The highest BCUT2D eigenvalue weighted by atomic mass is 15.4. The van der Waals surface area contributed by atoms with E-state index in [2.05, 4.69) is 51.2 Å².